The normalized spacial score (nSPS) is 35.8. The van der Waals surface area contributed by atoms with Crippen LogP contribution in [-0.2, 0) is 9.47 Å². The van der Waals surface area contributed by atoms with Crippen LogP contribution in [0.2, 0.25) is 0 Å². The summed E-state index contributed by atoms with van der Waals surface area (Å²) < 4.78 is 11.9. The molecule has 0 bridgehead atoms. The molecule has 2 saturated carbocycles. The van der Waals surface area contributed by atoms with E-state index in [-0.39, 0.29) is 0 Å². The average molecular weight is 250 g/mol. The van der Waals surface area contributed by atoms with Gasteiger partial charge >= 0.3 is 0 Å². The molecule has 0 aliphatic heterocycles. The smallest absolute Gasteiger partial charge is 0.0648 e. The summed E-state index contributed by atoms with van der Waals surface area (Å²) in [5, 5.41) is 0. The molecule has 0 heterocycles. The summed E-state index contributed by atoms with van der Waals surface area (Å²) in [4.78, 5) is 0. The van der Waals surface area contributed by atoms with Crippen molar-refractivity contribution < 1.29 is 9.47 Å². The number of hydrogen-bond acceptors (Lipinski definition) is 2. The lowest BCUT2D eigenvalue weighted by atomic mass is 9.68. The van der Waals surface area contributed by atoms with Gasteiger partial charge in [0.2, 0.25) is 0 Å². The fourth-order valence-corrected chi connectivity index (χ4v) is 3.69. The Morgan fingerprint density at radius 2 is 1.22 bits per heavy atom. The zero-order chi connectivity index (χ0) is 12.8. The van der Waals surface area contributed by atoms with Crippen LogP contribution in [0.4, 0.5) is 0 Å². The monoisotopic (exact) mass is 250 g/mol. The Morgan fingerprint density at radius 1 is 0.778 bits per heavy atom. The van der Waals surface area contributed by atoms with Crippen LogP contribution in [0.1, 0.15) is 38.5 Å². The van der Waals surface area contributed by atoms with E-state index in [0.29, 0.717) is 37.3 Å². The van der Waals surface area contributed by atoms with Crippen LogP contribution < -0.4 is 0 Å². The van der Waals surface area contributed by atoms with Crippen LogP contribution in [-0.4, -0.2) is 25.4 Å². The van der Waals surface area contributed by atoms with E-state index >= 15 is 0 Å². The lowest BCUT2D eigenvalue weighted by molar-refractivity contribution is -0.0954. The van der Waals surface area contributed by atoms with Crippen molar-refractivity contribution in [3.05, 3.63) is 25.3 Å². The summed E-state index contributed by atoms with van der Waals surface area (Å²) in [5.41, 5.74) is 0. The first-order valence-electron chi connectivity index (χ1n) is 7.31. The van der Waals surface area contributed by atoms with E-state index < -0.39 is 0 Å². The highest BCUT2D eigenvalue weighted by atomic mass is 16.5. The third-order valence-electron chi connectivity index (χ3n) is 4.41. The minimum absolute atomic E-state index is 0.428. The minimum atomic E-state index is 0.428. The maximum atomic E-state index is 5.96. The number of rotatable bonds is 6. The first-order valence-corrected chi connectivity index (χ1v) is 7.31. The molecule has 2 aliphatic rings. The molecule has 0 radical (unpaired) electrons. The second-order valence-electron chi connectivity index (χ2n) is 5.51. The van der Waals surface area contributed by atoms with Gasteiger partial charge in [-0.15, -0.1) is 13.2 Å². The van der Waals surface area contributed by atoms with Crippen LogP contribution >= 0.6 is 0 Å². The fraction of sp³-hybridized carbons (Fsp3) is 0.750. The van der Waals surface area contributed by atoms with Gasteiger partial charge in [-0.3, -0.25) is 0 Å². The topological polar surface area (TPSA) is 18.5 Å². The first-order chi connectivity index (χ1) is 8.86. The number of ether oxygens (including phenoxy) is 2. The summed E-state index contributed by atoms with van der Waals surface area (Å²) in [6, 6.07) is 0. The van der Waals surface area contributed by atoms with Crippen LogP contribution in [0.25, 0.3) is 0 Å². The van der Waals surface area contributed by atoms with Gasteiger partial charge in [-0.25, -0.2) is 0 Å². The molecule has 4 atom stereocenters. The van der Waals surface area contributed by atoms with Gasteiger partial charge in [0.1, 0.15) is 0 Å². The van der Waals surface area contributed by atoms with Gasteiger partial charge in [-0.2, -0.15) is 0 Å². The predicted molar refractivity (Wildman–Crippen MR) is 74.6 cm³/mol. The Bertz CT molecular complexity index is 246. The van der Waals surface area contributed by atoms with E-state index in [1.54, 1.807) is 0 Å². The second-order valence-corrected chi connectivity index (χ2v) is 5.51. The minimum Gasteiger partial charge on any atom is -0.374 e. The van der Waals surface area contributed by atoms with Gasteiger partial charge in [0.25, 0.3) is 0 Å². The Balaban J connectivity index is 1.95. The summed E-state index contributed by atoms with van der Waals surface area (Å²) in [7, 11) is 0. The van der Waals surface area contributed by atoms with Gasteiger partial charge in [0.05, 0.1) is 25.4 Å². The standard InChI is InChI=1S/C16H26O2/c1-3-11-17-15-9-5-8-14-13(15)7-6-10-16(14)18-12-4-2/h3-4,13-16H,1-2,5-12H2. The van der Waals surface area contributed by atoms with Gasteiger partial charge in [0, 0.05) is 0 Å². The zero-order valence-electron chi connectivity index (χ0n) is 11.4. The average Bonchev–Trinajstić information content (AvgIpc) is 2.42. The van der Waals surface area contributed by atoms with Gasteiger partial charge in [0.15, 0.2) is 0 Å². The number of fused-ring (bicyclic) bond motifs is 1. The quantitative estimate of drug-likeness (QED) is 0.669. The molecule has 102 valence electrons. The molecule has 2 rings (SSSR count). The molecule has 18 heavy (non-hydrogen) atoms. The Kier molecular flexibility index (Phi) is 5.45. The molecule has 2 heteroatoms. The fourth-order valence-electron chi connectivity index (χ4n) is 3.69. The van der Waals surface area contributed by atoms with Crippen molar-refractivity contribution in [3.8, 4) is 0 Å². The Morgan fingerprint density at radius 3 is 1.61 bits per heavy atom. The van der Waals surface area contributed by atoms with Crippen LogP contribution in [0, 0.1) is 11.8 Å². The van der Waals surface area contributed by atoms with E-state index in [1.807, 2.05) is 12.2 Å². The van der Waals surface area contributed by atoms with E-state index in [1.165, 1.54) is 38.5 Å². The molecular formula is C16H26O2. The van der Waals surface area contributed by atoms with Crippen molar-refractivity contribution in [2.24, 2.45) is 11.8 Å². The highest BCUT2D eigenvalue weighted by molar-refractivity contribution is 4.91. The summed E-state index contributed by atoms with van der Waals surface area (Å²) in [6.45, 7) is 8.86. The molecular weight excluding hydrogens is 224 g/mol. The van der Waals surface area contributed by atoms with Crippen molar-refractivity contribution in [2.45, 2.75) is 50.7 Å². The highest BCUT2D eigenvalue weighted by Crippen LogP contribution is 2.43. The van der Waals surface area contributed by atoms with E-state index in [4.69, 9.17) is 9.47 Å². The van der Waals surface area contributed by atoms with Crippen molar-refractivity contribution in [2.75, 3.05) is 13.2 Å². The molecule has 0 N–H and O–H groups in total. The van der Waals surface area contributed by atoms with Gasteiger partial charge < -0.3 is 9.47 Å². The van der Waals surface area contributed by atoms with Gasteiger partial charge in [-0.05, 0) is 37.5 Å². The molecule has 0 aromatic rings. The van der Waals surface area contributed by atoms with E-state index in [2.05, 4.69) is 13.2 Å². The lowest BCUT2D eigenvalue weighted by Gasteiger charge is -2.45. The molecule has 2 nitrogen and oxygen atoms in total. The maximum Gasteiger partial charge on any atom is 0.0648 e. The Labute approximate surface area is 111 Å². The maximum absolute atomic E-state index is 5.96. The third kappa shape index (κ3) is 3.24. The summed E-state index contributed by atoms with van der Waals surface area (Å²) >= 11 is 0. The molecule has 0 aromatic heterocycles. The summed E-state index contributed by atoms with van der Waals surface area (Å²) in [6.07, 6.45) is 12.2. The molecule has 2 aliphatic carbocycles. The van der Waals surface area contributed by atoms with Crippen molar-refractivity contribution in [3.63, 3.8) is 0 Å². The second kappa shape index (κ2) is 7.10. The van der Waals surface area contributed by atoms with Crippen LogP contribution in [0.5, 0.6) is 0 Å². The molecule has 0 amide bonds. The molecule has 4 unspecified atom stereocenters. The third-order valence-corrected chi connectivity index (χ3v) is 4.41. The predicted octanol–water partition coefficient (Wildman–Crippen LogP) is 3.73. The molecule has 0 aromatic carbocycles. The van der Waals surface area contributed by atoms with Crippen LogP contribution in [0.15, 0.2) is 25.3 Å². The van der Waals surface area contributed by atoms with Crippen molar-refractivity contribution >= 4 is 0 Å². The van der Waals surface area contributed by atoms with Gasteiger partial charge in [-0.1, -0.05) is 25.0 Å². The SMILES string of the molecule is C=CCOC1CCCC2C(OCC=C)CCCC12. The summed E-state index contributed by atoms with van der Waals surface area (Å²) in [5.74, 6) is 1.39. The van der Waals surface area contributed by atoms with Crippen LogP contribution in [0.3, 0.4) is 0 Å². The van der Waals surface area contributed by atoms with Crippen molar-refractivity contribution in [1.82, 2.24) is 0 Å². The molecule has 0 spiro atoms. The molecule has 2 fully saturated rings. The highest BCUT2D eigenvalue weighted by Gasteiger charge is 2.40. The van der Waals surface area contributed by atoms with Crippen molar-refractivity contribution in [1.29, 1.82) is 0 Å². The number of hydrogen-bond donors (Lipinski definition) is 0. The zero-order valence-corrected chi connectivity index (χ0v) is 11.4. The largest absolute Gasteiger partial charge is 0.374 e. The molecule has 0 saturated heterocycles. The Hall–Kier alpha value is -0.600. The van der Waals surface area contributed by atoms with E-state index in [0.717, 1.165) is 0 Å². The lowest BCUT2D eigenvalue weighted by Crippen LogP contribution is -2.44. The van der Waals surface area contributed by atoms with E-state index in [9.17, 15) is 0 Å². The first kappa shape index (κ1) is 13.8.